The molecule has 0 fully saturated rings. The first-order valence-corrected chi connectivity index (χ1v) is 6.37. The first-order valence-electron chi connectivity index (χ1n) is 5.49. The summed E-state index contributed by atoms with van der Waals surface area (Å²) in [6.07, 6.45) is 4.89. The summed E-state index contributed by atoms with van der Waals surface area (Å²) in [5.74, 6) is 0.667. The van der Waals surface area contributed by atoms with Gasteiger partial charge in [-0.25, -0.2) is 9.97 Å². The molecule has 0 bridgehead atoms. The van der Waals surface area contributed by atoms with Crippen LogP contribution in [0.3, 0.4) is 0 Å². The van der Waals surface area contributed by atoms with Gasteiger partial charge in [-0.05, 0) is 25.1 Å². The summed E-state index contributed by atoms with van der Waals surface area (Å²) in [4.78, 5) is 19.9. The Labute approximate surface area is 109 Å². The minimum absolute atomic E-state index is 0.0659. The maximum Gasteiger partial charge on any atom is 0.233 e. The van der Waals surface area contributed by atoms with Crippen LogP contribution in [0, 0.1) is 0 Å². The summed E-state index contributed by atoms with van der Waals surface area (Å²) in [6, 6.07) is 5.35. The number of nitrogens with one attached hydrogen (secondary N) is 1. The van der Waals surface area contributed by atoms with Gasteiger partial charge in [0.25, 0.3) is 0 Å². The Morgan fingerprint density at radius 3 is 2.89 bits per heavy atom. The predicted molar refractivity (Wildman–Crippen MR) is 67.9 cm³/mol. The molecule has 0 aliphatic carbocycles. The molecule has 18 heavy (non-hydrogen) atoms. The van der Waals surface area contributed by atoms with Crippen LogP contribution in [0.25, 0.3) is 0 Å². The smallest absolute Gasteiger partial charge is 0.233 e. The Balaban J connectivity index is 1.82. The molecule has 0 spiro atoms. The van der Waals surface area contributed by atoms with Crippen LogP contribution < -0.4 is 5.32 Å². The minimum Gasteiger partial charge on any atom is -0.467 e. The van der Waals surface area contributed by atoms with E-state index in [9.17, 15) is 4.79 Å². The number of carbonyl (C=O) groups excluding carboxylic acids is 1. The van der Waals surface area contributed by atoms with Crippen LogP contribution in [0.1, 0.15) is 12.7 Å². The van der Waals surface area contributed by atoms with Gasteiger partial charge in [-0.15, -0.1) is 0 Å². The van der Waals surface area contributed by atoms with Crippen LogP contribution in [-0.4, -0.2) is 21.1 Å². The third-order valence-corrected chi connectivity index (χ3v) is 3.20. The van der Waals surface area contributed by atoms with E-state index in [1.807, 2.05) is 13.0 Å². The van der Waals surface area contributed by atoms with Gasteiger partial charge in [-0.3, -0.25) is 4.79 Å². The predicted octanol–water partition coefficient (Wildman–Crippen LogP) is 1.87. The van der Waals surface area contributed by atoms with Crippen molar-refractivity contribution in [2.45, 2.75) is 23.9 Å². The minimum atomic E-state index is -0.248. The summed E-state index contributed by atoms with van der Waals surface area (Å²) in [5.41, 5.74) is 0. The van der Waals surface area contributed by atoms with Gasteiger partial charge in [0.05, 0.1) is 18.1 Å². The van der Waals surface area contributed by atoms with Crippen LogP contribution in [0.5, 0.6) is 0 Å². The van der Waals surface area contributed by atoms with E-state index in [-0.39, 0.29) is 11.2 Å². The quantitative estimate of drug-likeness (QED) is 0.659. The van der Waals surface area contributed by atoms with Crippen LogP contribution in [-0.2, 0) is 11.3 Å². The highest BCUT2D eigenvalue weighted by molar-refractivity contribution is 8.00. The molecule has 1 atom stereocenters. The molecule has 1 amide bonds. The van der Waals surface area contributed by atoms with Crippen LogP contribution in [0.2, 0.25) is 0 Å². The van der Waals surface area contributed by atoms with E-state index in [0.29, 0.717) is 11.7 Å². The first-order chi connectivity index (χ1) is 8.75. The SMILES string of the molecule is C[C@@H](Sc1ncccn1)C(=O)NCc1ccco1. The number of rotatable bonds is 5. The van der Waals surface area contributed by atoms with E-state index in [2.05, 4.69) is 15.3 Å². The Bertz CT molecular complexity index is 487. The Hall–Kier alpha value is -1.82. The fraction of sp³-hybridized carbons (Fsp3) is 0.250. The van der Waals surface area contributed by atoms with Gasteiger partial charge in [0.2, 0.25) is 5.91 Å². The summed E-state index contributed by atoms with van der Waals surface area (Å²) >= 11 is 1.32. The van der Waals surface area contributed by atoms with Crippen molar-refractivity contribution in [3.63, 3.8) is 0 Å². The summed E-state index contributed by atoms with van der Waals surface area (Å²) in [5, 5.41) is 3.14. The molecular weight excluding hydrogens is 250 g/mol. The molecule has 0 aromatic carbocycles. The average molecular weight is 263 g/mol. The normalized spacial score (nSPS) is 12.1. The van der Waals surface area contributed by atoms with Crippen molar-refractivity contribution in [3.8, 4) is 0 Å². The molecule has 2 aromatic heterocycles. The fourth-order valence-corrected chi connectivity index (χ4v) is 2.04. The van der Waals surface area contributed by atoms with E-state index in [1.165, 1.54) is 11.8 Å². The van der Waals surface area contributed by atoms with Gasteiger partial charge in [0.15, 0.2) is 5.16 Å². The zero-order chi connectivity index (χ0) is 12.8. The summed E-state index contributed by atoms with van der Waals surface area (Å²) in [7, 11) is 0. The molecule has 0 saturated carbocycles. The van der Waals surface area contributed by atoms with E-state index in [4.69, 9.17) is 4.42 Å². The second-order valence-electron chi connectivity index (χ2n) is 3.59. The standard InChI is InChI=1S/C12H13N3O2S/c1-9(18-12-13-5-3-6-14-12)11(16)15-8-10-4-2-7-17-10/h2-7,9H,8H2,1H3,(H,15,16)/t9-/m1/s1. The lowest BCUT2D eigenvalue weighted by atomic mass is 10.4. The first kappa shape index (κ1) is 12.6. The van der Waals surface area contributed by atoms with Crippen LogP contribution >= 0.6 is 11.8 Å². The molecule has 0 unspecified atom stereocenters. The van der Waals surface area contributed by atoms with Crippen LogP contribution in [0.4, 0.5) is 0 Å². The number of furan rings is 1. The highest BCUT2D eigenvalue weighted by Crippen LogP contribution is 2.18. The number of hydrogen-bond acceptors (Lipinski definition) is 5. The molecule has 0 aliphatic rings. The molecule has 6 heteroatoms. The van der Waals surface area contributed by atoms with Crippen molar-refractivity contribution in [2.24, 2.45) is 0 Å². The molecule has 0 radical (unpaired) electrons. The Morgan fingerprint density at radius 1 is 1.44 bits per heavy atom. The molecule has 2 rings (SSSR count). The van der Waals surface area contributed by atoms with Crippen molar-refractivity contribution in [2.75, 3.05) is 0 Å². The van der Waals surface area contributed by atoms with E-state index in [1.54, 1.807) is 30.8 Å². The molecule has 1 N–H and O–H groups in total. The van der Waals surface area contributed by atoms with Gasteiger partial charge < -0.3 is 9.73 Å². The maximum absolute atomic E-state index is 11.8. The fourth-order valence-electron chi connectivity index (χ4n) is 1.29. The zero-order valence-electron chi connectivity index (χ0n) is 9.87. The molecule has 94 valence electrons. The topological polar surface area (TPSA) is 68.0 Å². The van der Waals surface area contributed by atoms with Gasteiger partial charge in [-0.1, -0.05) is 11.8 Å². The van der Waals surface area contributed by atoms with E-state index in [0.717, 1.165) is 5.76 Å². The van der Waals surface area contributed by atoms with Gasteiger partial charge in [-0.2, -0.15) is 0 Å². The molecule has 5 nitrogen and oxygen atoms in total. The maximum atomic E-state index is 11.8. The van der Waals surface area contributed by atoms with Crippen LogP contribution in [0.15, 0.2) is 46.4 Å². The van der Waals surface area contributed by atoms with Crippen molar-refractivity contribution in [3.05, 3.63) is 42.6 Å². The highest BCUT2D eigenvalue weighted by atomic mass is 32.2. The molecule has 2 aromatic rings. The van der Waals surface area contributed by atoms with Gasteiger partial charge in [0, 0.05) is 12.4 Å². The van der Waals surface area contributed by atoms with Gasteiger partial charge in [0.1, 0.15) is 5.76 Å². The number of thioether (sulfide) groups is 1. The lowest BCUT2D eigenvalue weighted by molar-refractivity contribution is -0.120. The molecule has 0 saturated heterocycles. The summed E-state index contributed by atoms with van der Waals surface area (Å²) in [6.45, 7) is 2.21. The van der Waals surface area contributed by atoms with Crippen molar-refractivity contribution >= 4 is 17.7 Å². The zero-order valence-corrected chi connectivity index (χ0v) is 10.7. The van der Waals surface area contributed by atoms with E-state index >= 15 is 0 Å². The number of aromatic nitrogens is 2. The highest BCUT2D eigenvalue weighted by Gasteiger charge is 2.15. The second kappa shape index (κ2) is 6.20. The van der Waals surface area contributed by atoms with Crippen molar-refractivity contribution in [1.29, 1.82) is 0 Å². The molecular formula is C12H13N3O2S. The molecule has 0 aliphatic heterocycles. The third kappa shape index (κ3) is 3.59. The number of hydrogen-bond donors (Lipinski definition) is 1. The second-order valence-corrected chi connectivity index (χ2v) is 4.90. The Morgan fingerprint density at radius 2 is 2.22 bits per heavy atom. The van der Waals surface area contributed by atoms with Crippen molar-refractivity contribution < 1.29 is 9.21 Å². The number of carbonyl (C=O) groups is 1. The summed E-state index contributed by atoms with van der Waals surface area (Å²) < 4.78 is 5.14. The van der Waals surface area contributed by atoms with Gasteiger partial charge >= 0.3 is 0 Å². The Kier molecular flexibility index (Phi) is 4.35. The van der Waals surface area contributed by atoms with E-state index < -0.39 is 0 Å². The lowest BCUT2D eigenvalue weighted by Gasteiger charge is -2.09. The largest absolute Gasteiger partial charge is 0.467 e. The molecule has 2 heterocycles. The lowest BCUT2D eigenvalue weighted by Crippen LogP contribution is -2.30. The average Bonchev–Trinajstić information content (AvgIpc) is 2.90. The monoisotopic (exact) mass is 263 g/mol. The van der Waals surface area contributed by atoms with Crippen molar-refractivity contribution in [1.82, 2.24) is 15.3 Å². The number of nitrogens with zero attached hydrogens (tertiary/aromatic N) is 2. The third-order valence-electron chi connectivity index (χ3n) is 2.21. The number of amides is 1.